The summed E-state index contributed by atoms with van der Waals surface area (Å²) in [5.74, 6) is 1.19. The summed E-state index contributed by atoms with van der Waals surface area (Å²) >= 11 is 0. The van der Waals surface area contributed by atoms with Gasteiger partial charge in [-0.3, -0.25) is 9.13 Å². The van der Waals surface area contributed by atoms with Gasteiger partial charge in [0, 0.05) is 19.5 Å². The molecule has 0 unspecified atom stereocenters. The summed E-state index contributed by atoms with van der Waals surface area (Å²) in [7, 11) is -10.7. The number of rotatable bonds is 5. The van der Waals surface area contributed by atoms with Crippen molar-refractivity contribution in [3.05, 3.63) is 0 Å². The molecule has 2 heterocycles. The fourth-order valence-corrected chi connectivity index (χ4v) is 5.64. The molecule has 22 heavy (non-hydrogen) atoms. The van der Waals surface area contributed by atoms with E-state index in [4.69, 9.17) is 19.6 Å². The molecule has 0 atom stereocenters. The Morgan fingerprint density at radius 3 is 1.91 bits per heavy atom. The van der Waals surface area contributed by atoms with Crippen molar-refractivity contribution in [3.63, 3.8) is 0 Å². The van der Waals surface area contributed by atoms with Crippen LogP contribution < -0.4 is 0 Å². The van der Waals surface area contributed by atoms with E-state index in [2.05, 4.69) is 0 Å². The summed E-state index contributed by atoms with van der Waals surface area (Å²) in [6, 6.07) is 0. The SMILES string of the molecule is O=P(O)(O)C(O)(CCN1CCC2CCC(CC2)C1)P(=O)(O)O. The predicted octanol–water partition coefficient (Wildman–Crippen LogP) is 0.890. The van der Waals surface area contributed by atoms with Crippen LogP contribution in [0.25, 0.3) is 0 Å². The van der Waals surface area contributed by atoms with E-state index >= 15 is 0 Å². The Kier molecular flexibility index (Phi) is 5.58. The summed E-state index contributed by atoms with van der Waals surface area (Å²) in [6.07, 6.45) is 5.03. The lowest BCUT2D eigenvalue weighted by Gasteiger charge is -2.39. The van der Waals surface area contributed by atoms with E-state index in [1.54, 1.807) is 0 Å². The molecule has 0 amide bonds. The van der Waals surface area contributed by atoms with E-state index in [9.17, 15) is 14.2 Å². The van der Waals surface area contributed by atoms with Crippen LogP contribution >= 0.6 is 15.2 Å². The number of hydrogen-bond donors (Lipinski definition) is 5. The lowest BCUT2D eigenvalue weighted by Crippen LogP contribution is -2.40. The van der Waals surface area contributed by atoms with Crippen molar-refractivity contribution < 1.29 is 33.8 Å². The van der Waals surface area contributed by atoms with Crippen LogP contribution in [0.4, 0.5) is 0 Å². The van der Waals surface area contributed by atoms with Crippen LogP contribution in [0, 0.1) is 11.8 Å². The monoisotopic (exact) mass is 357 g/mol. The summed E-state index contributed by atoms with van der Waals surface area (Å²) in [5, 5.41) is 6.63. The highest BCUT2D eigenvalue weighted by Crippen LogP contribution is 2.68. The number of nitrogens with zero attached hydrogens (tertiary/aromatic N) is 1. The van der Waals surface area contributed by atoms with Gasteiger partial charge in [0.1, 0.15) is 0 Å². The van der Waals surface area contributed by atoms with Gasteiger partial charge in [-0.1, -0.05) is 12.8 Å². The molecule has 0 radical (unpaired) electrons. The molecule has 3 aliphatic rings. The first-order valence-corrected chi connectivity index (χ1v) is 10.8. The molecular formula is C12H25NO7P2. The van der Waals surface area contributed by atoms with Crippen molar-refractivity contribution in [1.29, 1.82) is 0 Å². The molecular weight excluding hydrogens is 332 g/mol. The maximum atomic E-state index is 11.4. The molecule has 130 valence electrons. The Bertz CT molecular complexity index is 458. The van der Waals surface area contributed by atoms with Crippen molar-refractivity contribution >= 4 is 15.2 Å². The van der Waals surface area contributed by atoms with Crippen LogP contribution in [0.15, 0.2) is 0 Å². The number of hydrogen-bond acceptors (Lipinski definition) is 4. The Morgan fingerprint density at radius 1 is 0.909 bits per heavy atom. The first kappa shape index (κ1) is 18.6. The molecule has 2 bridgehead atoms. The summed E-state index contributed by atoms with van der Waals surface area (Å²) in [4.78, 5) is 38.6. The molecule has 0 aromatic heterocycles. The molecule has 0 aromatic carbocycles. The Hall–Kier alpha value is 0.220. The van der Waals surface area contributed by atoms with Crippen molar-refractivity contribution in [2.24, 2.45) is 11.8 Å². The maximum Gasteiger partial charge on any atom is 0.369 e. The molecule has 2 aliphatic heterocycles. The highest BCUT2D eigenvalue weighted by atomic mass is 31.2. The van der Waals surface area contributed by atoms with E-state index in [1.165, 1.54) is 12.8 Å². The quantitative estimate of drug-likeness (QED) is 0.457. The van der Waals surface area contributed by atoms with Crippen LogP contribution in [0.2, 0.25) is 0 Å². The number of aliphatic hydroxyl groups is 1. The van der Waals surface area contributed by atoms with Gasteiger partial charge in [-0.25, -0.2) is 0 Å². The van der Waals surface area contributed by atoms with Gasteiger partial charge in [-0.2, -0.15) is 0 Å². The Labute approximate surface area is 129 Å². The second-order valence-electron chi connectivity index (χ2n) is 6.59. The van der Waals surface area contributed by atoms with E-state index < -0.39 is 26.7 Å². The lowest BCUT2D eigenvalue weighted by atomic mass is 9.78. The number of fused-ring (bicyclic) bond motifs is 5. The zero-order valence-corrected chi connectivity index (χ0v) is 14.2. The Balaban J connectivity index is 2.03. The average Bonchev–Trinajstić information content (AvgIpc) is 2.35. The van der Waals surface area contributed by atoms with Gasteiger partial charge in [0.2, 0.25) is 0 Å². The standard InChI is InChI=1S/C12H25NO7P2/c14-12(21(15,16)17,22(18,19)20)6-8-13-7-5-10-1-3-11(9-13)4-2-10/h10-11,14H,1-9H2,(H2,15,16,17)(H2,18,19,20). The molecule has 0 aromatic rings. The third-order valence-electron chi connectivity index (χ3n) is 5.03. The molecule has 2 saturated heterocycles. The lowest BCUT2D eigenvalue weighted by molar-refractivity contribution is 0.0869. The van der Waals surface area contributed by atoms with Crippen LogP contribution in [-0.2, 0) is 9.13 Å². The van der Waals surface area contributed by atoms with Gasteiger partial charge >= 0.3 is 15.2 Å². The zero-order valence-electron chi connectivity index (χ0n) is 12.4. The van der Waals surface area contributed by atoms with Crippen molar-refractivity contribution in [2.75, 3.05) is 19.6 Å². The molecule has 1 aliphatic carbocycles. The van der Waals surface area contributed by atoms with Crippen molar-refractivity contribution in [1.82, 2.24) is 4.90 Å². The Morgan fingerprint density at radius 2 is 1.41 bits per heavy atom. The van der Waals surface area contributed by atoms with Gasteiger partial charge in [0.15, 0.2) is 0 Å². The van der Waals surface area contributed by atoms with Gasteiger partial charge in [0.25, 0.3) is 5.08 Å². The summed E-state index contributed by atoms with van der Waals surface area (Å²) in [5.41, 5.74) is 0. The minimum absolute atomic E-state index is 0.0654. The minimum Gasteiger partial charge on any atom is -0.367 e. The molecule has 3 fully saturated rings. The van der Waals surface area contributed by atoms with Gasteiger partial charge < -0.3 is 29.6 Å². The molecule has 8 nitrogen and oxygen atoms in total. The van der Waals surface area contributed by atoms with E-state index in [0.717, 1.165) is 32.4 Å². The fraction of sp³-hybridized carbons (Fsp3) is 1.00. The molecule has 10 heteroatoms. The summed E-state index contributed by atoms with van der Waals surface area (Å²) in [6.45, 7) is 1.56. The predicted molar refractivity (Wildman–Crippen MR) is 80.2 cm³/mol. The zero-order chi connectivity index (χ0) is 16.6. The van der Waals surface area contributed by atoms with Crippen LogP contribution in [0.3, 0.4) is 0 Å². The molecule has 1 saturated carbocycles. The van der Waals surface area contributed by atoms with E-state index in [-0.39, 0.29) is 6.54 Å². The summed E-state index contributed by atoms with van der Waals surface area (Å²) < 4.78 is 22.7. The normalized spacial score (nSPS) is 28.4. The van der Waals surface area contributed by atoms with Crippen LogP contribution in [0.5, 0.6) is 0 Å². The average molecular weight is 357 g/mol. The van der Waals surface area contributed by atoms with E-state index in [0.29, 0.717) is 11.8 Å². The molecule has 5 N–H and O–H groups in total. The van der Waals surface area contributed by atoms with Gasteiger partial charge in [-0.05, 0) is 37.6 Å². The van der Waals surface area contributed by atoms with Crippen LogP contribution in [0.1, 0.15) is 38.5 Å². The smallest absolute Gasteiger partial charge is 0.367 e. The third-order valence-corrected chi connectivity index (χ3v) is 8.91. The molecule has 3 rings (SSSR count). The fourth-order valence-electron chi connectivity index (χ4n) is 3.50. The van der Waals surface area contributed by atoms with Crippen molar-refractivity contribution in [2.45, 2.75) is 43.6 Å². The second kappa shape index (κ2) is 6.61. The van der Waals surface area contributed by atoms with Gasteiger partial charge in [0.05, 0.1) is 0 Å². The van der Waals surface area contributed by atoms with E-state index in [1.807, 2.05) is 4.90 Å². The first-order valence-electron chi connectivity index (χ1n) is 7.59. The van der Waals surface area contributed by atoms with Crippen molar-refractivity contribution in [3.8, 4) is 0 Å². The highest BCUT2D eigenvalue weighted by Gasteiger charge is 2.59. The highest BCUT2D eigenvalue weighted by molar-refractivity contribution is 7.72. The second-order valence-corrected chi connectivity index (χ2v) is 10.6. The maximum absolute atomic E-state index is 11.4. The third kappa shape index (κ3) is 4.00. The topological polar surface area (TPSA) is 139 Å². The van der Waals surface area contributed by atoms with Crippen LogP contribution in [-0.4, -0.2) is 54.3 Å². The first-order chi connectivity index (χ1) is 10.0. The molecule has 0 spiro atoms. The largest absolute Gasteiger partial charge is 0.369 e. The van der Waals surface area contributed by atoms with Gasteiger partial charge in [-0.15, -0.1) is 0 Å². The minimum atomic E-state index is -5.34.